The van der Waals surface area contributed by atoms with Crippen molar-refractivity contribution in [3.63, 3.8) is 0 Å². The van der Waals surface area contributed by atoms with Gasteiger partial charge in [0.2, 0.25) is 0 Å². The lowest BCUT2D eigenvalue weighted by Gasteiger charge is -2.21. The van der Waals surface area contributed by atoms with Crippen molar-refractivity contribution in [3.05, 3.63) is 69.2 Å². The number of benzene rings is 2. The summed E-state index contributed by atoms with van der Waals surface area (Å²) in [7, 11) is 1.73. The van der Waals surface area contributed by atoms with E-state index in [-0.39, 0.29) is 35.1 Å². The number of imide groups is 1. The van der Waals surface area contributed by atoms with Crippen LogP contribution in [0.3, 0.4) is 0 Å². The number of carbonyl (C=O) groups is 2. The van der Waals surface area contributed by atoms with Crippen molar-refractivity contribution in [2.24, 2.45) is 0 Å². The zero-order valence-corrected chi connectivity index (χ0v) is 20.4. The SMILES string of the molecule is CN1C[C@H](F)[C@@H](N2C(=O)S/C(=C\c3ccc4c(cnn4Cc4ccc(Cl)cc4C(F)(F)F)c3)C2=O)C1. The van der Waals surface area contributed by atoms with Gasteiger partial charge in [0.15, 0.2) is 0 Å². The fourth-order valence-electron chi connectivity index (χ4n) is 4.52. The molecule has 3 heterocycles. The third kappa shape index (κ3) is 4.62. The molecule has 188 valence electrons. The number of carbonyl (C=O) groups excluding carboxylic acids is 2. The highest BCUT2D eigenvalue weighted by molar-refractivity contribution is 8.18. The van der Waals surface area contributed by atoms with E-state index in [0.717, 1.165) is 22.7 Å². The Morgan fingerprint density at radius 2 is 1.94 bits per heavy atom. The Morgan fingerprint density at radius 3 is 2.64 bits per heavy atom. The predicted octanol–water partition coefficient (Wildman–Crippen LogP) is 5.45. The minimum atomic E-state index is -4.56. The lowest BCUT2D eigenvalue weighted by Crippen LogP contribution is -2.44. The summed E-state index contributed by atoms with van der Waals surface area (Å²) in [6, 6.07) is 7.89. The second-order valence-electron chi connectivity index (χ2n) is 8.78. The Bertz CT molecular complexity index is 1410. The van der Waals surface area contributed by atoms with Crippen LogP contribution in [-0.4, -0.2) is 63.1 Å². The molecule has 0 N–H and O–H groups in total. The molecule has 12 heteroatoms. The molecule has 2 aliphatic rings. The van der Waals surface area contributed by atoms with Crippen molar-refractivity contribution in [2.75, 3.05) is 20.1 Å². The molecule has 2 atom stereocenters. The standard InChI is InChI=1S/C24H19ClF4N4O2S/c1-31-11-18(26)20(12-31)33-22(34)21(36-23(33)35)7-13-2-5-19-15(6-13)9-30-32(19)10-14-3-4-16(25)8-17(14)24(27,28)29/h2-9,18,20H,10-12H2,1H3/b21-7-/t18-,20-/m0/s1. The summed E-state index contributed by atoms with van der Waals surface area (Å²) in [5.41, 5.74) is 0.404. The van der Waals surface area contributed by atoms with Crippen LogP contribution in [0, 0.1) is 0 Å². The van der Waals surface area contributed by atoms with E-state index in [9.17, 15) is 27.2 Å². The molecule has 0 unspecified atom stereocenters. The highest BCUT2D eigenvalue weighted by atomic mass is 35.5. The van der Waals surface area contributed by atoms with Gasteiger partial charge in [0.1, 0.15) is 6.17 Å². The van der Waals surface area contributed by atoms with Crippen LogP contribution in [0.25, 0.3) is 17.0 Å². The molecule has 2 saturated heterocycles. The molecule has 0 saturated carbocycles. The molecule has 0 spiro atoms. The van der Waals surface area contributed by atoms with E-state index in [0.29, 0.717) is 16.5 Å². The molecular weight excluding hydrogens is 520 g/mol. The van der Waals surface area contributed by atoms with E-state index in [2.05, 4.69) is 5.10 Å². The molecule has 0 aliphatic carbocycles. The van der Waals surface area contributed by atoms with Crippen LogP contribution in [0.15, 0.2) is 47.5 Å². The summed E-state index contributed by atoms with van der Waals surface area (Å²) >= 11 is 6.53. The molecule has 2 aromatic carbocycles. The number of halogens is 5. The third-order valence-corrected chi connectivity index (χ3v) is 7.34. The van der Waals surface area contributed by atoms with Crippen LogP contribution in [-0.2, 0) is 17.5 Å². The molecule has 5 rings (SSSR count). The zero-order valence-electron chi connectivity index (χ0n) is 18.8. The average molecular weight is 539 g/mol. The fourth-order valence-corrected chi connectivity index (χ4v) is 5.58. The normalized spacial score (nSPS) is 22.5. The van der Waals surface area contributed by atoms with Crippen LogP contribution in [0.1, 0.15) is 16.7 Å². The van der Waals surface area contributed by atoms with Crippen LogP contribution in [0.4, 0.5) is 22.4 Å². The van der Waals surface area contributed by atoms with E-state index < -0.39 is 35.1 Å². The van der Waals surface area contributed by atoms with Gasteiger partial charge in [0.05, 0.1) is 34.8 Å². The van der Waals surface area contributed by atoms with Crippen molar-refractivity contribution in [3.8, 4) is 0 Å². The second-order valence-corrected chi connectivity index (χ2v) is 10.2. The number of rotatable bonds is 4. The van der Waals surface area contributed by atoms with E-state index in [4.69, 9.17) is 11.6 Å². The van der Waals surface area contributed by atoms with Gasteiger partial charge in [0, 0.05) is 23.5 Å². The highest BCUT2D eigenvalue weighted by Crippen LogP contribution is 2.37. The number of nitrogens with zero attached hydrogens (tertiary/aromatic N) is 4. The number of aromatic nitrogens is 2. The minimum Gasteiger partial charge on any atom is -0.301 e. The first-order valence-corrected chi connectivity index (χ1v) is 12.1. The van der Waals surface area contributed by atoms with Gasteiger partial charge < -0.3 is 4.90 Å². The summed E-state index contributed by atoms with van der Waals surface area (Å²) in [4.78, 5) is 28.3. The van der Waals surface area contributed by atoms with Crippen LogP contribution >= 0.6 is 23.4 Å². The van der Waals surface area contributed by atoms with Crippen LogP contribution in [0.2, 0.25) is 5.02 Å². The predicted molar refractivity (Wildman–Crippen MR) is 129 cm³/mol. The molecule has 36 heavy (non-hydrogen) atoms. The van der Waals surface area contributed by atoms with Crippen molar-refractivity contribution in [1.82, 2.24) is 19.6 Å². The third-order valence-electron chi connectivity index (χ3n) is 6.22. The Morgan fingerprint density at radius 1 is 1.17 bits per heavy atom. The van der Waals surface area contributed by atoms with E-state index in [1.165, 1.54) is 23.0 Å². The van der Waals surface area contributed by atoms with E-state index >= 15 is 0 Å². The first kappa shape index (κ1) is 24.8. The van der Waals surface area contributed by atoms with Crippen molar-refractivity contribution >= 4 is 51.5 Å². The first-order chi connectivity index (χ1) is 17.0. The molecule has 2 aliphatic heterocycles. The number of thioether (sulfide) groups is 1. The topological polar surface area (TPSA) is 58.4 Å². The summed E-state index contributed by atoms with van der Waals surface area (Å²) < 4.78 is 56.2. The van der Waals surface area contributed by atoms with Crippen molar-refractivity contribution < 1.29 is 27.2 Å². The van der Waals surface area contributed by atoms with Gasteiger partial charge >= 0.3 is 6.18 Å². The first-order valence-electron chi connectivity index (χ1n) is 10.9. The van der Waals surface area contributed by atoms with Gasteiger partial charge in [-0.05, 0) is 60.3 Å². The van der Waals surface area contributed by atoms with Gasteiger partial charge in [-0.1, -0.05) is 23.7 Å². The average Bonchev–Trinajstić information content (AvgIpc) is 3.43. The number of amides is 2. The number of likely N-dealkylation sites (N-methyl/N-ethyl adjacent to an activating group) is 1. The van der Waals surface area contributed by atoms with Gasteiger partial charge in [-0.15, -0.1) is 0 Å². The lowest BCUT2D eigenvalue weighted by atomic mass is 10.1. The van der Waals surface area contributed by atoms with Crippen LogP contribution < -0.4 is 0 Å². The largest absolute Gasteiger partial charge is 0.416 e. The van der Waals surface area contributed by atoms with Gasteiger partial charge in [-0.3, -0.25) is 19.2 Å². The van der Waals surface area contributed by atoms with E-state index in [1.54, 1.807) is 36.2 Å². The molecule has 6 nitrogen and oxygen atoms in total. The maximum Gasteiger partial charge on any atom is 0.416 e. The maximum absolute atomic E-state index is 14.3. The molecule has 1 aromatic heterocycles. The minimum absolute atomic E-state index is 0.00700. The van der Waals surface area contributed by atoms with Gasteiger partial charge in [-0.25, -0.2) is 4.39 Å². The zero-order chi connectivity index (χ0) is 25.8. The van der Waals surface area contributed by atoms with E-state index in [1.807, 2.05) is 0 Å². The quantitative estimate of drug-likeness (QED) is 0.327. The Hall–Kier alpha value is -2.89. The number of alkyl halides is 4. The second kappa shape index (κ2) is 9.20. The van der Waals surface area contributed by atoms with Gasteiger partial charge in [-0.2, -0.15) is 18.3 Å². The molecule has 0 radical (unpaired) electrons. The summed E-state index contributed by atoms with van der Waals surface area (Å²) in [6.07, 6.45) is -2.79. The molecule has 2 amide bonds. The molecule has 2 fully saturated rings. The lowest BCUT2D eigenvalue weighted by molar-refractivity contribution is -0.138. The number of hydrogen-bond acceptors (Lipinski definition) is 5. The molecule has 3 aromatic rings. The summed E-state index contributed by atoms with van der Waals surface area (Å²) in [6.45, 7) is 0.321. The number of fused-ring (bicyclic) bond motifs is 1. The van der Waals surface area contributed by atoms with Crippen LogP contribution in [0.5, 0.6) is 0 Å². The Balaban J connectivity index is 1.40. The molecule has 0 bridgehead atoms. The maximum atomic E-state index is 14.3. The molecular formula is C24H19ClF4N4O2S. The van der Waals surface area contributed by atoms with Crippen molar-refractivity contribution in [1.29, 1.82) is 0 Å². The Kier molecular flexibility index (Phi) is 6.34. The smallest absolute Gasteiger partial charge is 0.301 e. The van der Waals surface area contributed by atoms with Gasteiger partial charge in [0.25, 0.3) is 11.1 Å². The monoisotopic (exact) mass is 538 g/mol. The fraction of sp³-hybridized carbons (Fsp3) is 0.292. The highest BCUT2D eigenvalue weighted by Gasteiger charge is 2.46. The number of likely N-dealkylation sites (tertiary alicyclic amines) is 1. The summed E-state index contributed by atoms with van der Waals surface area (Å²) in [5, 5.41) is 4.36. The Labute approximate surface area is 212 Å². The summed E-state index contributed by atoms with van der Waals surface area (Å²) in [5.74, 6) is -0.536. The van der Waals surface area contributed by atoms with Crippen molar-refractivity contribution in [2.45, 2.75) is 24.9 Å². The number of hydrogen-bond donors (Lipinski definition) is 0.